The maximum atomic E-state index is 7.20. The molecular formula is C9H11N7. The molecule has 0 saturated carbocycles. The summed E-state index contributed by atoms with van der Waals surface area (Å²) in [6, 6.07) is 0. The molecule has 0 aliphatic heterocycles. The van der Waals surface area contributed by atoms with Crippen molar-refractivity contribution >= 4 is 5.84 Å². The molecule has 0 atom stereocenters. The van der Waals surface area contributed by atoms with E-state index in [1.54, 1.807) is 11.6 Å². The van der Waals surface area contributed by atoms with Crippen LogP contribution in [0.3, 0.4) is 0 Å². The smallest absolute Gasteiger partial charge is 0.174 e. The summed E-state index contributed by atoms with van der Waals surface area (Å²) in [4.78, 5) is 12.3. The Kier molecular flexibility index (Phi) is 2.35. The average molecular weight is 217 g/mol. The summed E-state index contributed by atoms with van der Waals surface area (Å²) in [6.07, 6.45) is 2.95. The van der Waals surface area contributed by atoms with Gasteiger partial charge in [-0.3, -0.25) is 5.41 Å². The van der Waals surface area contributed by atoms with Gasteiger partial charge in [-0.25, -0.2) is 15.0 Å². The van der Waals surface area contributed by atoms with Crippen LogP contribution in [0.1, 0.15) is 17.3 Å². The van der Waals surface area contributed by atoms with E-state index in [1.807, 2.05) is 6.92 Å². The van der Waals surface area contributed by atoms with E-state index < -0.39 is 0 Å². The lowest BCUT2D eigenvalue weighted by atomic mass is 10.4. The highest BCUT2D eigenvalue weighted by atomic mass is 15.4. The molecule has 2 rings (SSSR count). The van der Waals surface area contributed by atoms with Crippen LogP contribution in [0.5, 0.6) is 0 Å². The molecule has 0 aromatic carbocycles. The molecule has 0 radical (unpaired) electrons. The maximum Gasteiger partial charge on any atom is 0.174 e. The van der Waals surface area contributed by atoms with Gasteiger partial charge >= 0.3 is 0 Å². The molecule has 0 saturated heterocycles. The lowest BCUT2D eigenvalue weighted by molar-refractivity contribution is 0.796. The Labute approximate surface area is 91.9 Å². The molecule has 82 valence electrons. The van der Waals surface area contributed by atoms with Gasteiger partial charge in [0.15, 0.2) is 5.82 Å². The molecule has 2 aromatic rings. The third kappa shape index (κ3) is 1.74. The molecule has 3 N–H and O–H groups in total. The zero-order valence-corrected chi connectivity index (χ0v) is 8.97. The van der Waals surface area contributed by atoms with Crippen LogP contribution in [0.15, 0.2) is 12.4 Å². The van der Waals surface area contributed by atoms with E-state index in [-0.39, 0.29) is 5.84 Å². The molecular weight excluding hydrogens is 206 g/mol. The topological polar surface area (TPSA) is 106 Å². The van der Waals surface area contributed by atoms with Crippen LogP contribution in [-0.4, -0.2) is 30.6 Å². The molecule has 0 unspecified atom stereocenters. The zero-order chi connectivity index (χ0) is 11.7. The van der Waals surface area contributed by atoms with Crippen molar-refractivity contribution in [1.82, 2.24) is 24.7 Å². The molecule has 2 aromatic heterocycles. The number of rotatable bonds is 2. The standard InChI is InChI=1S/C9H11N7/c1-5-14-6(2)16(15-5)8-4-12-7(3-13-8)9(10)11/h3-4H,1-2H3,(H3,10,11). The van der Waals surface area contributed by atoms with Crippen molar-refractivity contribution < 1.29 is 0 Å². The molecule has 7 nitrogen and oxygen atoms in total. The number of nitrogens with one attached hydrogen (secondary N) is 1. The van der Waals surface area contributed by atoms with Gasteiger partial charge in [-0.2, -0.15) is 4.68 Å². The Hall–Kier alpha value is -2.31. The van der Waals surface area contributed by atoms with Gasteiger partial charge in [-0.1, -0.05) is 0 Å². The number of nitrogen functional groups attached to an aromatic ring is 1. The van der Waals surface area contributed by atoms with Gasteiger partial charge in [-0.05, 0) is 13.8 Å². The molecule has 0 bridgehead atoms. The Morgan fingerprint density at radius 1 is 1.31 bits per heavy atom. The third-order valence-electron chi connectivity index (χ3n) is 2.01. The third-order valence-corrected chi connectivity index (χ3v) is 2.01. The second kappa shape index (κ2) is 3.69. The average Bonchev–Trinajstić information content (AvgIpc) is 2.58. The second-order valence-electron chi connectivity index (χ2n) is 3.29. The van der Waals surface area contributed by atoms with Crippen molar-refractivity contribution in [3.05, 3.63) is 29.7 Å². The summed E-state index contributed by atoms with van der Waals surface area (Å²) < 4.78 is 1.59. The van der Waals surface area contributed by atoms with Gasteiger partial charge in [0.25, 0.3) is 0 Å². The van der Waals surface area contributed by atoms with Crippen LogP contribution >= 0.6 is 0 Å². The first-order valence-electron chi connectivity index (χ1n) is 4.65. The molecule has 0 aliphatic carbocycles. The summed E-state index contributed by atoms with van der Waals surface area (Å²) in [7, 11) is 0. The monoisotopic (exact) mass is 217 g/mol. The quantitative estimate of drug-likeness (QED) is 0.542. The number of aromatic nitrogens is 5. The molecule has 0 amide bonds. The summed E-state index contributed by atoms with van der Waals surface area (Å²) in [5, 5.41) is 11.4. The molecule has 0 fully saturated rings. The van der Waals surface area contributed by atoms with E-state index >= 15 is 0 Å². The fraction of sp³-hybridized carbons (Fsp3) is 0.222. The second-order valence-corrected chi connectivity index (χ2v) is 3.29. The van der Waals surface area contributed by atoms with Crippen LogP contribution < -0.4 is 5.73 Å². The summed E-state index contributed by atoms with van der Waals surface area (Å²) in [6.45, 7) is 3.64. The molecule has 0 aliphatic rings. The highest BCUT2D eigenvalue weighted by molar-refractivity contribution is 5.92. The minimum Gasteiger partial charge on any atom is -0.382 e. The predicted octanol–water partition coefficient (Wildman–Crippen LogP) is -0.0418. The Bertz CT molecular complexity index is 525. The van der Waals surface area contributed by atoms with Gasteiger partial charge in [0, 0.05) is 0 Å². The first kappa shape index (κ1) is 10.2. The summed E-state index contributed by atoms with van der Waals surface area (Å²) in [5.41, 5.74) is 5.63. The van der Waals surface area contributed by atoms with E-state index in [4.69, 9.17) is 11.1 Å². The van der Waals surface area contributed by atoms with Crippen molar-refractivity contribution in [2.24, 2.45) is 5.73 Å². The van der Waals surface area contributed by atoms with Crippen molar-refractivity contribution in [3.63, 3.8) is 0 Å². The largest absolute Gasteiger partial charge is 0.382 e. The highest BCUT2D eigenvalue weighted by Crippen LogP contribution is 2.05. The van der Waals surface area contributed by atoms with Crippen LogP contribution in [0.25, 0.3) is 5.82 Å². The highest BCUT2D eigenvalue weighted by Gasteiger charge is 2.07. The van der Waals surface area contributed by atoms with Crippen LogP contribution in [0.2, 0.25) is 0 Å². The first-order valence-corrected chi connectivity index (χ1v) is 4.65. The summed E-state index contributed by atoms with van der Waals surface area (Å²) >= 11 is 0. The van der Waals surface area contributed by atoms with Gasteiger partial charge < -0.3 is 5.73 Å². The number of hydrogen-bond donors (Lipinski definition) is 2. The molecule has 2 heterocycles. The van der Waals surface area contributed by atoms with Gasteiger partial charge in [0.2, 0.25) is 0 Å². The SMILES string of the molecule is Cc1nc(C)n(-c2cnc(C(=N)N)cn2)n1. The van der Waals surface area contributed by atoms with E-state index in [1.165, 1.54) is 12.4 Å². The number of amidine groups is 1. The Morgan fingerprint density at radius 2 is 2.06 bits per heavy atom. The minimum atomic E-state index is -0.106. The number of hydrogen-bond acceptors (Lipinski definition) is 5. The normalized spacial score (nSPS) is 10.4. The van der Waals surface area contributed by atoms with Crippen LogP contribution in [0, 0.1) is 19.3 Å². The lowest BCUT2D eigenvalue weighted by Crippen LogP contribution is -2.14. The maximum absolute atomic E-state index is 7.20. The molecule has 16 heavy (non-hydrogen) atoms. The first-order chi connectivity index (χ1) is 7.58. The summed E-state index contributed by atoms with van der Waals surface area (Å²) in [5.74, 6) is 1.87. The lowest BCUT2D eigenvalue weighted by Gasteiger charge is -2.02. The van der Waals surface area contributed by atoms with Gasteiger partial charge in [0.05, 0.1) is 12.4 Å². The molecule has 0 spiro atoms. The van der Waals surface area contributed by atoms with Crippen LogP contribution in [-0.2, 0) is 0 Å². The predicted molar refractivity (Wildman–Crippen MR) is 57.4 cm³/mol. The number of nitrogens with two attached hydrogens (primary N) is 1. The van der Waals surface area contributed by atoms with E-state index in [2.05, 4.69) is 20.1 Å². The van der Waals surface area contributed by atoms with Crippen LogP contribution in [0.4, 0.5) is 0 Å². The van der Waals surface area contributed by atoms with E-state index in [0.717, 1.165) is 5.82 Å². The zero-order valence-electron chi connectivity index (χ0n) is 8.97. The van der Waals surface area contributed by atoms with Crippen molar-refractivity contribution in [1.29, 1.82) is 5.41 Å². The van der Waals surface area contributed by atoms with Gasteiger partial charge in [0.1, 0.15) is 23.2 Å². The van der Waals surface area contributed by atoms with Gasteiger partial charge in [-0.15, -0.1) is 5.10 Å². The number of nitrogens with zero attached hydrogens (tertiary/aromatic N) is 5. The Balaban J connectivity index is 2.42. The van der Waals surface area contributed by atoms with E-state index in [0.29, 0.717) is 17.3 Å². The van der Waals surface area contributed by atoms with Crippen molar-refractivity contribution in [2.75, 3.05) is 0 Å². The fourth-order valence-corrected chi connectivity index (χ4v) is 1.31. The minimum absolute atomic E-state index is 0.106. The number of aryl methyl sites for hydroxylation is 2. The van der Waals surface area contributed by atoms with Crippen molar-refractivity contribution in [2.45, 2.75) is 13.8 Å². The molecule has 7 heteroatoms. The van der Waals surface area contributed by atoms with Crippen molar-refractivity contribution in [3.8, 4) is 5.82 Å². The Morgan fingerprint density at radius 3 is 2.50 bits per heavy atom. The fourth-order valence-electron chi connectivity index (χ4n) is 1.31. The van der Waals surface area contributed by atoms with E-state index in [9.17, 15) is 0 Å².